The Hall–Kier alpha value is -1.42. The lowest BCUT2D eigenvalue weighted by atomic mass is 10.1. The van der Waals surface area contributed by atoms with Crippen molar-refractivity contribution in [1.29, 1.82) is 0 Å². The Morgan fingerprint density at radius 2 is 2.11 bits per heavy atom. The number of ether oxygens (including phenoxy) is 1. The number of rotatable bonds is 7. The first-order valence-corrected chi connectivity index (χ1v) is 6.32. The van der Waals surface area contributed by atoms with E-state index < -0.39 is 0 Å². The van der Waals surface area contributed by atoms with Crippen LogP contribution in [0.15, 0.2) is 24.3 Å². The molecule has 0 amide bonds. The number of carbonyl (C=O) groups excluding carboxylic acids is 1. The molecular formula is C14H20FNO2. The Kier molecular flexibility index (Phi) is 6.36. The zero-order chi connectivity index (χ0) is 13.4. The van der Waals surface area contributed by atoms with Crippen LogP contribution in [0.5, 0.6) is 0 Å². The second kappa shape index (κ2) is 7.82. The highest BCUT2D eigenvalue weighted by atomic mass is 19.1. The molecule has 1 rings (SSSR count). The van der Waals surface area contributed by atoms with Gasteiger partial charge in [-0.2, -0.15) is 0 Å². The van der Waals surface area contributed by atoms with Gasteiger partial charge in [0.2, 0.25) is 0 Å². The summed E-state index contributed by atoms with van der Waals surface area (Å²) in [6, 6.07) is 6.18. The Bertz CT molecular complexity index is 382. The van der Waals surface area contributed by atoms with Crippen molar-refractivity contribution in [2.45, 2.75) is 39.3 Å². The zero-order valence-corrected chi connectivity index (χ0v) is 10.9. The van der Waals surface area contributed by atoms with Crippen molar-refractivity contribution in [3.8, 4) is 0 Å². The van der Waals surface area contributed by atoms with E-state index in [2.05, 4.69) is 5.32 Å². The molecule has 18 heavy (non-hydrogen) atoms. The molecule has 0 saturated heterocycles. The molecule has 0 radical (unpaired) electrons. The molecule has 1 aromatic rings. The van der Waals surface area contributed by atoms with Gasteiger partial charge in [-0.3, -0.25) is 4.79 Å². The van der Waals surface area contributed by atoms with Crippen LogP contribution in [0.25, 0.3) is 0 Å². The highest BCUT2D eigenvalue weighted by Crippen LogP contribution is 2.07. The van der Waals surface area contributed by atoms with Crippen molar-refractivity contribution < 1.29 is 13.9 Å². The number of carbonyl (C=O) groups is 1. The van der Waals surface area contributed by atoms with Gasteiger partial charge in [0.1, 0.15) is 11.9 Å². The van der Waals surface area contributed by atoms with E-state index in [0.717, 1.165) is 6.42 Å². The molecule has 0 saturated carbocycles. The molecule has 1 N–H and O–H groups in total. The largest absolute Gasteiger partial charge is 0.465 e. The van der Waals surface area contributed by atoms with Gasteiger partial charge in [-0.25, -0.2) is 4.39 Å². The molecule has 1 unspecified atom stereocenters. The smallest absolute Gasteiger partial charge is 0.323 e. The first-order chi connectivity index (χ1) is 8.69. The molecule has 4 heteroatoms. The quantitative estimate of drug-likeness (QED) is 0.759. The van der Waals surface area contributed by atoms with Crippen LogP contribution in [-0.2, 0) is 16.1 Å². The van der Waals surface area contributed by atoms with Gasteiger partial charge in [0.25, 0.3) is 0 Å². The average molecular weight is 253 g/mol. The third-order valence-electron chi connectivity index (χ3n) is 2.65. The zero-order valence-electron chi connectivity index (χ0n) is 10.9. The number of esters is 1. The monoisotopic (exact) mass is 253 g/mol. The molecular weight excluding hydrogens is 233 g/mol. The van der Waals surface area contributed by atoms with E-state index in [9.17, 15) is 9.18 Å². The minimum absolute atomic E-state index is 0.260. The molecule has 1 aromatic carbocycles. The maximum absolute atomic E-state index is 13.4. The topological polar surface area (TPSA) is 38.3 Å². The van der Waals surface area contributed by atoms with Gasteiger partial charge in [-0.15, -0.1) is 0 Å². The summed E-state index contributed by atoms with van der Waals surface area (Å²) in [6.07, 6.45) is 1.56. The number of halogens is 1. The maximum Gasteiger partial charge on any atom is 0.323 e. The second-order valence-electron chi connectivity index (χ2n) is 4.07. The van der Waals surface area contributed by atoms with Gasteiger partial charge in [0, 0.05) is 12.1 Å². The summed E-state index contributed by atoms with van der Waals surface area (Å²) >= 11 is 0. The van der Waals surface area contributed by atoms with E-state index in [4.69, 9.17) is 4.74 Å². The Labute approximate surface area is 107 Å². The van der Waals surface area contributed by atoms with Crippen LogP contribution in [0.2, 0.25) is 0 Å². The number of benzene rings is 1. The average Bonchev–Trinajstić information content (AvgIpc) is 2.36. The minimum Gasteiger partial charge on any atom is -0.465 e. The Morgan fingerprint density at radius 3 is 2.72 bits per heavy atom. The molecule has 0 fully saturated rings. The van der Waals surface area contributed by atoms with Gasteiger partial charge in [0.05, 0.1) is 6.61 Å². The summed E-state index contributed by atoms with van der Waals surface area (Å²) in [6.45, 7) is 4.46. The number of hydrogen-bond acceptors (Lipinski definition) is 3. The molecule has 0 bridgehead atoms. The molecule has 1 atom stereocenters. The maximum atomic E-state index is 13.4. The van der Waals surface area contributed by atoms with Crippen LogP contribution in [0.3, 0.4) is 0 Å². The first-order valence-electron chi connectivity index (χ1n) is 6.32. The van der Waals surface area contributed by atoms with Crippen molar-refractivity contribution in [2.75, 3.05) is 6.61 Å². The normalized spacial score (nSPS) is 12.2. The van der Waals surface area contributed by atoms with Gasteiger partial charge < -0.3 is 10.1 Å². The van der Waals surface area contributed by atoms with E-state index in [-0.39, 0.29) is 17.8 Å². The molecule has 0 spiro atoms. The fraction of sp³-hybridized carbons (Fsp3) is 0.500. The number of hydrogen-bond donors (Lipinski definition) is 1. The van der Waals surface area contributed by atoms with Crippen molar-refractivity contribution in [3.63, 3.8) is 0 Å². The lowest BCUT2D eigenvalue weighted by Gasteiger charge is -2.16. The molecule has 0 heterocycles. The van der Waals surface area contributed by atoms with Crippen LogP contribution in [-0.4, -0.2) is 18.6 Å². The Balaban J connectivity index is 2.57. The van der Waals surface area contributed by atoms with Gasteiger partial charge in [-0.05, 0) is 19.4 Å². The van der Waals surface area contributed by atoms with Gasteiger partial charge >= 0.3 is 5.97 Å². The van der Waals surface area contributed by atoms with Crippen molar-refractivity contribution in [1.82, 2.24) is 5.32 Å². The van der Waals surface area contributed by atoms with Crippen LogP contribution < -0.4 is 5.32 Å². The van der Waals surface area contributed by atoms with Crippen LogP contribution in [0, 0.1) is 5.82 Å². The lowest BCUT2D eigenvalue weighted by molar-refractivity contribution is -0.145. The van der Waals surface area contributed by atoms with E-state index in [1.807, 2.05) is 6.92 Å². The van der Waals surface area contributed by atoms with Crippen molar-refractivity contribution in [3.05, 3.63) is 35.6 Å². The minimum atomic E-state index is -0.366. The molecule has 0 aliphatic heterocycles. The van der Waals surface area contributed by atoms with E-state index in [1.54, 1.807) is 25.1 Å². The highest BCUT2D eigenvalue weighted by molar-refractivity contribution is 5.75. The van der Waals surface area contributed by atoms with E-state index in [0.29, 0.717) is 25.1 Å². The predicted molar refractivity (Wildman–Crippen MR) is 68.6 cm³/mol. The standard InChI is InChI=1S/C14H20FNO2/c1-3-7-13(14(17)18-4-2)16-10-11-8-5-6-9-12(11)15/h5-6,8-9,13,16H,3-4,7,10H2,1-2H3. The SMILES string of the molecule is CCCC(NCc1ccccc1F)C(=O)OCC. The summed E-state index contributed by atoms with van der Waals surface area (Å²) in [5, 5.41) is 3.05. The fourth-order valence-electron chi connectivity index (χ4n) is 1.71. The second-order valence-corrected chi connectivity index (χ2v) is 4.07. The summed E-state index contributed by atoms with van der Waals surface area (Å²) in [5.41, 5.74) is 0.558. The fourth-order valence-corrected chi connectivity index (χ4v) is 1.71. The van der Waals surface area contributed by atoms with Gasteiger partial charge in [0.15, 0.2) is 0 Å². The van der Waals surface area contributed by atoms with Crippen LogP contribution in [0.1, 0.15) is 32.3 Å². The Morgan fingerprint density at radius 1 is 1.39 bits per heavy atom. The van der Waals surface area contributed by atoms with Crippen LogP contribution >= 0.6 is 0 Å². The van der Waals surface area contributed by atoms with Crippen LogP contribution in [0.4, 0.5) is 4.39 Å². The summed E-state index contributed by atoms with van der Waals surface area (Å²) in [7, 11) is 0. The van der Waals surface area contributed by atoms with Crippen molar-refractivity contribution in [2.24, 2.45) is 0 Å². The summed E-state index contributed by atoms with van der Waals surface area (Å²) in [5.74, 6) is -0.528. The predicted octanol–water partition coefficient (Wildman–Crippen LogP) is 2.65. The third-order valence-corrected chi connectivity index (χ3v) is 2.65. The molecule has 100 valence electrons. The molecule has 0 aliphatic rings. The molecule has 0 aromatic heterocycles. The summed E-state index contributed by atoms with van der Waals surface area (Å²) < 4.78 is 18.4. The third kappa shape index (κ3) is 4.45. The first kappa shape index (κ1) is 14.6. The lowest BCUT2D eigenvalue weighted by Crippen LogP contribution is -2.37. The molecule has 3 nitrogen and oxygen atoms in total. The molecule has 0 aliphatic carbocycles. The number of nitrogens with one attached hydrogen (secondary N) is 1. The van der Waals surface area contributed by atoms with Crippen molar-refractivity contribution >= 4 is 5.97 Å². The highest BCUT2D eigenvalue weighted by Gasteiger charge is 2.18. The van der Waals surface area contributed by atoms with E-state index >= 15 is 0 Å². The van der Waals surface area contributed by atoms with E-state index in [1.165, 1.54) is 6.07 Å². The summed E-state index contributed by atoms with van der Waals surface area (Å²) in [4.78, 5) is 11.7. The van der Waals surface area contributed by atoms with Gasteiger partial charge in [-0.1, -0.05) is 31.5 Å².